The predicted octanol–water partition coefficient (Wildman–Crippen LogP) is 3.26. The van der Waals surface area contributed by atoms with Gasteiger partial charge in [-0.3, -0.25) is 0 Å². The molecule has 142 valence electrons. The Bertz CT molecular complexity index is 803. The van der Waals surface area contributed by atoms with E-state index in [1.54, 1.807) is 23.9 Å². The zero-order valence-corrected chi connectivity index (χ0v) is 16.0. The van der Waals surface area contributed by atoms with Crippen LogP contribution < -0.4 is 9.47 Å². The van der Waals surface area contributed by atoms with Crippen LogP contribution in [-0.4, -0.2) is 38.7 Å². The van der Waals surface area contributed by atoms with E-state index in [4.69, 9.17) is 31.3 Å². The molecule has 0 saturated heterocycles. The molecule has 1 heterocycles. The van der Waals surface area contributed by atoms with Crippen LogP contribution in [0.25, 0.3) is 0 Å². The molecule has 2 rings (SSSR count). The van der Waals surface area contributed by atoms with Crippen molar-refractivity contribution < 1.29 is 24.5 Å². The van der Waals surface area contributed by atoms with E-state index in [1.807, 2.05) is 13.8 Å². The van der Waals surface area contributed by atoms with Gasteiger partial charge in [0.1, 0.15) is 5.75 Å². The summed E-state index contributed by atoms with van der Waals surface area (Å²) in [5, 5.41) is 22.8. The first kappa shape index (κ1) is 20.1. The number of benzene rings is 1. The van der Waals surface area contributed by atoms with Crippen LogP contribution in [0, 0.1) is 13.8 Å². The lowest BCUT2D eigenvalue weighted by molar-refractivity contribution is -0.144. The minimum absolute atomic E-state index is 0.0112. The normalized spacial score (nSPS) is 12.1. The number of rotatable bonds is 8. The SMILES string of the molecule is Cc1nn(C)c(Oc2cc(O[C@@H](C)C(=O)O)c(CCCO)cc2Cl)c1C. The number of carbonyl (C=O) groups is 1. The third-order valence-electron chi connectivity index (χ3n) is 4.03. The summed E-state index contributed by atoms with van der Waals surface area (Å²) in [5.41, 5.74) is 2.44. The minimum Gasteiger partial charge on any atom is -0.479 e. The fraction of sp³-hybridized carbons (Fsp3) is 0.444. The Kier molecular flexibility index (Phi) is 6.50. The van der Waals surface area contributed by atoms with Gasteiger partial charge in [0, 0.05) is 25.3 Å². The van der Waals surface area contributed by atoms with Crippen LogP contribution in [0.3, 0.4) is 0 Å². The summed E-state index contributed by atoms with van der Waals surface area (Å²) >= 11 is 6.35. The van der Waals surface area contributed by atoms with Crippen LogP contribution in [0.4, 0.5) is 0 Å². The number of aromatic nitrogens is 2. The van der Waals surface area contributed by atoms with Crippen LogP contribution in [0.1, 0.15) is 30.2 Å². The largest absolute Gasteiger partial charge is 0.479 e. The van der Waals surface area contributed by atoms with Crippen LogP contribution in [0.15, 0.2) is 12.1 Å². The lowest BCUT2D eigenvalue weighted by atomic mass is 10.1. The van der Waals surface area contributed by atoms with Gasteiger partial charge >= 0.3 is 5.97 Å². The monoisotopic (exact) mass is 382 g/mol. The highest BCUT2D eigenvalue weighted by Gasteiger charge is 2.19. The second-order valence-corrected chi connectivity index (χ2v) is 6.46. The molecule has 8 heteroatoms. The topological polar surface area (TPSA) is 93.8 Å². The van der Waals surface area contributed by atoms with Gasteiger partial charge in [0.15, 0.2) is 11.9 Å². The summed E-state index contributed by atoms with van der Waals surface area (Å²) in [5.74, 6) is 0.181. The van der Waals surface area contributed by atoms with Crippen molar-refractivity contribution in [3.05, 3.63) is 34.0 Å². The molecule has 2 aromatic rings. The quantitative estimate of drug-likeness (QED) is 0.727. The third kappa shape index (κ3) is 4.47. The number of hydrogen-bond donors (Lipinski definition) is 2. The zero-order valence-electron chi connectivity index (χ0n) is 15.2. The van der Waals surface area contributed by atoms with E-state index in [1.165, 1.54) is 6.92 Å². The van der Waals surface area contributed by atoms with Crippen molar-refractivity contribution in [2.75, 3.05) is 6.61 Å². The summed E-state index contributed by atoms with van der Waals surface area (Å²) in [7, 11) is 1.77. The van der Waals surface area contributed by atoms with Gasteiger partial charge in [-0.15, -0.1) is 0 Å². The molecule has 0 aliphatic rings. The molecule has 2 N–H and O–H groups in total. The second kappa shape index (κ2) is 8.42. The van der Waals surface area contributed by atoms with Crippen molar-refractivity contribution in [2.45, 2.75) is 39.7 Å². The van der Waals surface area contributed by atoms with Crippen molar-refractivity contribution in [3.8, 4) is 17.4 Å². The standard InChI is InChI=1S/C18H23ClN2O5/c1-10-11(2)20-21(4)17(10)26-16-9-15(25-12(3)18(23)24)13(6-5-7-22)8-14(16)19/h8-9,12,22H,5-7H2,1-4H3,(H,23,24)/t12-/m0/s1. The van der Waals surface area contributed by atoms with Gasteiger partial charge in [0.25, 0.3) is 0 Å². The average Bonchev–Trinajstić information content (AvgIpc) is 2.82. The number of aliphatic hydroxyl groups excluding tert-OH is 1. The van der Waals surface area contributed by atoms with E-state index < -0.39 is 12.1 Å². The molecular weight excluding hydrogens is 360 g/mol. The molecule has 0 spiro atoms. The molecule has 0 unspecified atom stereocenters. The lowest BCUT2D eigenvalue weighted by Crippen LogP contribution is -2.23. The van der Waals surface area contributed by atoms with E-state index in [0.717, 1.165) is 11.3 Å². The Morgan fingerprint density at radius 3 is 2.58 bits per heavy atom. The highest BCUT2D eigenvalue weighted by molar-refractivity contribution is 6.32. The van der Waals surface area contributed by atoms with Gasteiger partial charge in [0.05, 0.1) is 10.7 Å². The number of ether oxygens (including phenoxy) is 2. The number of aliphatic hydroxyl groups is 1. The number of carboxylic acid groups (broad SMARTS) is 1. The van der Waals surface area contributed by atoms with Crippen molar-refractivity contribution >= 4 is 17.6 Å². The van der Waals surface area contributed by atoms with Crippen LogP contribution in [0.5, 0.6) is 17.4 Å². The van der Waals surface area contributed by atoms with Crippen LogP contribution >= 0.6 is 11.6 Å². The molecule has 26 heavy (non-hydrogen) atoms. The fourth-order valence-electron chi connectivity index (χ4n) is 2.46. The fourth-order valence-corrected chi connectivity index (χ4v) is 2.68. The second-order valence-electron chi connectivity index (χ2n) is 6.06. The molecule has 0 fully saturated rings. The number of nitrogens with zero attached hydrogens (tertiary/aromatic N) is 2. The molecule has 0 bridgehead atoms. The maximum atomic E-state index is 11.1. The van der Waals surface area contributed by atoms with Gasteiger partial charge in [-0.05, 0) is 45.2 Å². The molecule has 0 radical (unpaired) electrons. The van der Waals surface area contributed by atoms with Crippen molar-refractivity contribution in [3.63, 3.8) is 0 Å². The maximum Gasteiger partial charge on any atom is 0.344 e. The first-order valence-corrected chi connectivity index (χ1v) is 8.63. The van der Waals surface area contributed by atoms with Crippen molar-refractivity contribution in [2.24, 2.45) is 7.05 Å². The zero-order chi connectivity index (χ0) is 19.4. The van der Waals surface area contributed by atoms with Crippen molar-refractivity contribution in [1.82, 2.24) is 9.78 Å². The Hall–Kier alpha value is -2.25. The lowest BCUT2D eigenvalue weighted by Gasteiger charge is -2.17. The first-order chi connectivity index (χ1) is 12.2. The smallest absolute Gasteiger partial charge is 0.344 e. The Balaban J connectivity index is 2.41. The summed E-state index contributed by atoms with van der Waals surface area (Å²) in [6.45, 7) is 5.23. The van der Waals surface area contributed by atoms with Crippen LogP contribution in [0.2, 0.25) is 5.02 Å². The number of halogens is 1. The van der Waals surface area contributed by atoms with E-state index in [2.05, 4.69) is 5.10 Å². The Labute approximate surface area is 157 Å². The van der Waals surface area contributed by atoms with Gasteiger partial charge in [0.2, 0.25) is 5.88 Å². The van der Waals surface area contributed by atoms with E-state index in [0.29, 0.717) is 40.8 Å². The third-order valence-corrected chi connectivity index (χ3v) is 4.33. The van der Waals surface area contributed by atoms with Crippen LogP contribution in [-0.2, 0) is 18.3 Å². The number of aliphatic carboxylic acids is 1. The van der Waals surface area contributed by atoms with E-state index in [-0.39, 0.29) is 6.61 Å². The molecule has 7 nitrogen and oxygen atoms in total. The maximum absolute atomic E-state index is 11.1. The summed E-state index contributed by atoms with van der Waals surface area (Å²) in [6.07, 6.45) is -0.0197. The Morgan fingerprint density at radius 2 is 2.04 bits per heavy atom. The van der Waals surface area contributed by atoms with Gasteiger partial charge in [-0.1, -0.05) is 11.6 Å². The van der Waals surface area contributed by atoms with Gasteiger partial charge in [-0.25, -0.2) is 9.48 Å². The van der Waals surface area contributed by atoms with E-state index >= 15 is 0 Å². The van der Waals surface area contributed by atoms with Gasteiger partial charge < -0.3 is 19.7 Å². The molecule has 0 amide bonds. The Morgan fingerprint density at radius 1 is 1.35 bits per heavy atom. The summed E-state index contributed by atoms with van der Waals surface area (Å²) < 4.78 is 13.1. The first-order valence-electron chi connectivity index (χ1n) is 8.25. The highest BCUT2D eigenvalue weighted by atomic mass is 35.5. The summed E-state index contributed by atoms with van der Waals surface area (Å²) in [6, 6.07) is 3.26. The van der Waals surface area contributed by atoms with Crippen molar-refractivity contribution in [1.29, 1.82) is 0 Å². The molecule has 0 aliphatic heterocycles. The number of aryl methyl sites for hydroxylation is 3. The summed E-state index contributed by atoms with van der Waals surface area (Å²) in [4.78, 5) is 11.1. The van der Waals surface area contributed by atoms with Gasteiger partial charge in [-0.2, -0.15) is 5.10 Å². The predicted molar refractivity (Wildman–Crippen MR) is 97.3 cm³/mol. The number of carboxylic acids is 1. The molecule has 1 aromatic heterocycles. The molecule has 0 saturated carbocycles. The van der Waals surface area contributed by atoms with E-state index in [9.17, 15) is 4.79 Å². The number of hydrogen-bond acceptors (Lipinski definition) is 5. The molecular formula is C18H23ClN2O5. The average molecular weight is 383 g/mol. The molecule has 1 aromatic carbocycles. The molecule has 0 aliphatic carbocycles. The highest BCUT2D eigenvalue weighted by Crippen LogP contribution is 2.37. The minimum atomic E-state index is -1.08. The molecule has 1 atom stereocenters.